The summed E-state index contributed by atoms with van der Waals surface area (Å²) in [5, 5.41) is 11.9. The van der Waals surface area contributed by atoms with Gasteiger partial charge in [-0.25, -0.2) is 4.39 Å². The topological polar surface area (TPSA) is 59.8 Å². The van der Waals surface area contributed by atoms with E-state index in [1.54, 1.807) is 18.2 Å². The number of halogens is 1. The van der Waals surface area contributed by atoms with Crippen LogP contribution in [0.5, 0.6) is 0 Å². The lowest BCUT2D eigenvalue weighted by Gasteiger charge is -2.19. The molecule has 1 atom stereocenters. The van der Waals surface area contributed by atoms with Gasteiger partial charge in [-0.05, 0) is 60.7 Å². The maximum Gasteiger partial charge on any atom is 0.242 e. The fourth-order valence-electron chi connectivity index (χ4n) is 4.38. The molecule has 196 valence electrons. The van der Waals surface area contributed by atoms with Crippen LogP contribution in [0.2, 0.25) is 0 Å². The Morgan fingerprint density at radius 2 is 1.59 bits per heavy atom. The number of hydrogen-bond acceptors (Lipinski definition) is 4. The van der Waals surface area contributed by atoms with Gasteiger partial charge in [0.1, 0.15) is 11.1 Å². The highest BCUT2D eigenvalue weighted by Gasteiger charge is 2.27. The quantitative estimate of drug-likeness (QED) is 0.199. The molecule has 39 heavy (non-hydrogen) atoms. The molecule has 0 unspecified atom stereocenters. The fraction of sp³-hybridized carbons (Fsp3) is 0.156. The lowest BCUT2D eigenvalue weighted by Crippen LogP contribution is -2.20. The average Bonchev–Trinajstić information content (AvgIpc) is 3.35. The van der Waals surface area contributed by atoms with Crippen LogP contribution >= 0.6 is 11.8 Å². The lowest BCUT2D eigenvalue weighted by atomic mass is 10.1. The number of benzene rings is 4. The first kappa shape index (κ1) is 26.4. The minimum absolute atomic E-state index is 0.162. The van der Waals surface area contributed by atoms with Gasteiger partial charge in [-0.15, -0.1) is 10.2 Å². The van der Waals surface area contributed by atoms with E-state index >= 15 is 0 Å². The molecule has 1 N–H and O–H groups in total. The standard InChI is InChI=1S/C32H29FN4OS/c1-22-17-18-23(2)28(21-22)34-31(38)29(25-13-7-4-8-14-25)39-32-36-35-30(26-15-9-10-16-27(26)33)37(32)20-19-24-11-5-3-6-12-24/h3-18,21,29H,19-20H2,1-2H3,(H,34,38)/t29-/m0/s1. The van der Waals surface area contributed by atoms with E-state index in [1.807, 2.05) is 85.1 Å². The number of nitrogens with zero attached hydrogens (tertiary/aromatic N) is 3. The Kier molecular flexibility index (Phi) is 8.18. The van der Waals surface area contributed by atoms with Crippen molar-refractivity contribution in [2.24, 2.45) is 0 Å². The van der Waals surface area contributed by atoms with Crippen molar-refractivity contribution in [2.75, 3.05) is 5.32 Å². The molecule has 4 aromatic carbocycles. The molecule has 0 saturated heterocycles. The molecule has 0 fully saturated rings. The second-order valence-electron chi connectivity index (χ2n) is 9.39. The van der Waals surface area contributed by atoms with Gasteiger partial charge in [-0.1, -0.05) is 96.7 Å². The van der Waals surface area contributed by atoms with Crippen molar-refractivity contribution in [3.05, 3.63) is 131 Å². The van der Waals surface area contributed by atoms with Crippen molar-refractivity contribution in [1.29, 1.82) is 0 Å². The molecule has 0 bridgehead atoms. The van der Waals surface area contributed by atoms with E-state index in [-0.39, 0.29) is 11.7 Å². The molecule has 5 nitrogen and oxygen atoms in total. The highest BCUT2D eigenvalue weighted by atomic mass is 32.2. The largest absolute Gasteiger partial charge is 0.325 e. The van der Waals surface area contributed by atoms with Gasteiger partial charge < -0.3 is 9.88 Å². The van der Waals surface area contributed by atoms with Crippen LogP contribution in [0.4, 0.5) is 10.1 Å². The van der Waals surface area contributed by atoms with Crippen LogP contribution in [0.3, 0.4) is 0 Å². The van der Waals surface area contributed by atoms with Gasteiger partial charge in [-0.3, -0.25) is 4.79 Å². The van der Waals surface area contributed by atoms with Gasteiger partial charge in [-0.2, -0.15) is 0 Å². The van der Waals surface area contributed by atoms with E-state index in [0.29, 0.717) is 29.5 Å². The summed E-state index contributed by atoms with van der Waals surface area (Å²) >= 11 is 1.32. The SMILES string of the molecule is Cc1ccc(C)c(NC(=O)[C@@H](Sc2nnc(-c3ccccc3F)n2CCc2ccccc2)c2ccccc2)c1. The Morgan fingerprint density at radius 1 is 0.897 bits per heavy atom. The zero-order valence-corrected chi connectivity index (χ0v) is 22.7. The van der Waals surface area contributed by atoms with Crippen LogP contribution in [0.15, 0.2) is 108 Å². The van der Waals surface area contributed by atoms with Crippen molar-refractivity contribution < 1.29 is 9.18 Å². The van der Waals surface area contributed by atoms with Gasteiger partial charge in [0.05, 0.1) is 5.56 Å². The lowest BCUT2D eigenvalue weighted by molar-refractivity contribution is -0.115. The summed E-state index contributed by atoms with van der Waals surface area (Å²) in [5.74, 6) is -0.0899. The van der Waals surface area contributed by atoms with E-state index in [1.165, 1.54) is 17.8 Å². The summed E-state index contributed by atoms with van der Waals surface area (Å²) in [6, 6.07) is 32.3. The molecule has 0 aliphatic heterocycles. The summed E-state index contributed by atoms with van der Waals surface area (Å²) in [4.78, 5) is 13.8. The number of rotatable bonds is 9. The first-order valence-corrected chi connectivity index (χ1v) is 13.7. The maximum absolute atomic E-state index is 14.8. The second-order valence-corrected chi connectivity index (χ2v) is 10.5. The Bertz CT molecular complexity index is 1570. The van der Waals surface area contributed by atoms with Crippen molar-refractivity contribution in [1.82, 2.24) is 14.8 Å². The third-order valence-corrected chi connectivity index (χ3v) is 7.75. The summed E-state index contributed by atoms with van der Waals surface area (Å²) in [6.45, 7) is 4.50. The molecule has 0 saturated carbocycles. The van der Waals surface area contributed by atoms with E-state index in [2.05, 4.69) is 27.6 Å². The highest BCUT2D eigenvalue weighted by Crippen LogP contribution is 2.37. The number of carbonyl (C=O) groups is 1. The van der Waals surface area contributed by atoms with Crippen molar-refractivity contribution in [2.45, 2.75) is 37.2 Å². The van der Waals surface area contributed by atoms with E-state index in [9.17, 15) is 9.18 Å². The van der Waals surface area contributed by atoms with Gasteiger partial charge in [0.2, 0.25) is 5.91 Å². The number of aromatic nitrogens is 3. The maximum atomic E-state index is 14.8. The summed E-state index contributed by atoms with van der Waals surface area (Å²) in [6.07, 6.45) is 0.707. The predicted molar refractivity (Wildman–Crippen MR) is 155 cm³/mol. The first-order chi connectivity index (χ1) is 19.0. The fourth-order valence-corrected chi connectivity index (χ4v) is 5.44. The molecule has 7 heteroatoms. The Balaban J connectivity index is 1.51. The van der Waals surface area contributed by atoms with Gasteiger partial charge in [0.15, 0.2) is 11.0 Å². The Morgan fingerprint density at radius 3 is 2.33 bits per heavy atom. The third kappa shape index (κ3) is 6.26. The molecule has 5 rings (SSSR count). The summed E-state index contributed by atoms with van der Waals surface area (Å²) in [5.41, 5.74) is 5.19. The molecule has 5 aromatic rings. The van der Waals surface area contributed by atoms with Crippen LogP contribution in [-0.2, 0) is 17.8 Å². The van der Waals surface area contributed by atoms with Crippen LogP contribution in [-0.4, -0.2) is 20.7 Å². The number of carbonyl (C=O) groups excluding carboxylic acids is 1. The van der Waals surface area contributed by atoms with Crippen molar-refractivity contribution in [3.8, 4) is 11.4 Å². The molecule has 1 heterocycles. The van der Waals surface area contributed by atoms with E-state index in [0.717, 1.165) is 27.9 Å². The highest BCUT2D eigenvalue weighted by molar-refractivity contribution is 8.00. The minimum atomic E-state index is -0.598. The number of thioether (sulfide) groups is 1. The summed E-state index contributed by atoms with van der Waals surface area (Å²) < 4.78 is 16.8. The zero-order valence-electron chi connectivity index (χ0n) is 21.8. The zero-order chi connectivity index (χ0) is 27.2. The molecule has 0 radical (unpaired) electrons. The molecule has 0 aliphatic rings. The Hall–Kier alpha value is -4.23. The molecular weight excluding hydrogens is 507 g/mol. The monoisotopic (exact) mass is 536 g/mol. The van der Waals surface area contributed by atoms with Crippen LogP contribution in [0.1, 0.15) is 27.5 Å². The van der Waals surface area contributed by atoms with E-state index in [4.69, 9.17) is 0 Å². The van der Waals surface area contributed by atoms with Crippen LogP contribution < -0.4 is 5.32 Å². The predicted octanol–water partition coefficient (Wildman–Crippen LogP) is 7.42. The van der Waals surface area contributed by atoms with Gasteiger partial charge in [0, 0.05) is 12.2 Å². The number of hydrogen-bond donors (Lipinski definition) is 1. The smallest absolute Gasteiger partial charge is 0.242 e. The normalized spacial score (nSPS) is 11.8. The van der Waals surface area contributed by atoms with E-state index < -0.39 is 5.25 Å². The minimum Gasteiger partial charge on any atom is -0.325 e. The Labute approximate surface area is 232 Å². The molecule has 1 aromatic heterocycles. The summed E-state index contributed by atoms with van der Waals surface area (Å²) in [7, 11) is 0. The number of amides is 1. The van der Waals surface area contributed by atoms with Crippen LogP contribution in [0.25, 0.3) is 11.4 Å². The van der Waals surface area contributed by atoms with Gasteiger partial charge in [0.25, 0.3) is 0 Å². The number of anilines is 1. The molecular formula is C32H29FN4OS. The molecule has 0 aliphatic carbocycles. The molecule has 0 spiro atoms. The van der Waals surface area contributed by atoms with Crippen molar-refractivity contribution in [3.63, 3.8) is 0 Å². The average molecular weight is 537 g/mol. The van der Waals surface area contributed by atoms with Gasteiger partial charge >= 0.3 is 0 Å². The first-order valence-electron chi connectivity index (χ1n) is 12.8. The number of nitrogens with one attached hydrogen (secondary N) is 1. The second kappa shape index (κ2) is 12.1. The number of aryl methyl sites for hydroxylation is 3. The third-order valence-electron chi connectivity index (χ3n) is 6.51. The molecule has 1 amide bonds. The van der Waals surface area contributed by atoms with Crippen molar-refractivity contribution >= 4 is 23.4 Å². The van der Waals surface area contributed by atoms with Crippen LogP contribution in [0, 0.1) is 19.7 Å².